The highest BCUT2D eigenvalue weighted by molar-refractivity contribution is 5.76. The van der Waals surface area contributed by atoms with Gasteiger partial charge in [0, 0.05) is 26.3 Å². The van der Waals surface area contributed by atoms with E-state index in [2.05, 4.69) is 15.4 Å². The largest absolute Gasteiger partial charge is 0.490 e. The summed E-state index contributed by atoms with van der Waals surface area (Å²) in [5.74, 6) is -4.04. The van der Waals surface area contributed by atoms with Crippen molar-refractivity contribution in [1.82, 2.24) is 24.6 Å². The highest BCUT2D eigenvalue weighted by Crippen LogP contribution is 2.17. The van der Waals surface area contributed by atoms with Gasteiger partial charge in [-0.05, 0) is 35.9 Å². The number of fused-ring (bicyclic) bond motifs is 1. The maximum atomic E-state index is 13.8. The van der Waals surface area contributed by atoms with Gasteiger partial charge in [0.1, 0.15) is 5.69 Å². The average Bonchev–Trinajstić information content (AvgIpc) is 3.35. The highest BCUT2D eigenvalue weighted by atomic mass is 19.4. The van der Waals surface area contributed by atoms with Crippen LogP contribution < -0.4 is 5.32 Å². The summed E-state index contributed by atoms with van der Waals surface area (Å²) in [5.41, 5.74) is 3.67. The number of rotatable bonds is 5. The second kappa shape index (κ2) is 9.77. The number of aryl methyl sites for hydroxylation is 1. The maximum Gasteiger partial charge on any atom is 0.490 e. The molecule has 0 bridgehead atoms. The van der Waals surface area contributed by atoms with Crippen LogP contribution in [0.25, 0.3) is 16.7 Å². The van der Waals surface area contributed by atoms with E-state index in [4.69, 9.17) is 9.90 Å². The van der Waals surface area contributed by atoms with Crippen LogP contribution in [0.1, 0.15) is 11.3 Å². The number of carbonyl (C=O) groups is 1. The molecule has 0 fully saturated rings. The van der Waals surface area contributed by atoms with E-state index in [1.807, 2.05) is 29.8 Å². The Morgan fingerprint density at radius 2 is 1.76 bits per heavy atom. The minimum atomic E-state index is -5.08. The molecule has 0 aliphatic rings. The Morgan fingerprint density at radius 1 is 1.09 bits per heavy atom. The van der Waals surface area contributed by atoms with Gasteiger partial charge in [0.15, 0.2) is 11.6 Å². The first-order valence-corrected chi connectivity index (χ1v) is 9.46. The SMILES string of the molecule is Cn1cnc2cc(CNCc3ccn(-c4c(F)cccc4F)n3)ccc21.O=C(O)C(F)(F)F. The van der Waals surface area contributed by atoms with Gasteiger partial charge >= 0.3 is 12.1 Å². The molecule has 33 heavy (non-hydrogen) atoms. The fourth-order valence-corrected chi connectivity index (χ4v) is 2.91. The third-order valence-corrected chi connectivity index (χ3v) is 4.48. The van der Waals surface area contributed by atoms with Crippen LogP contribution in [0.5, 0.6) is 0 Å². The Labute approximate surface area is 184 Å². The van der Waals surface area contributed by atoms with Crippen molar-refractivity contribution in [2.75, 3.05) is 0 Å². The summed E-state index contributed by atoms with van der Waals surface area (Å²) in [5, 5.41) is 14.7. The molecular formula is C21H18F5N5O2. The van der Waals surface area contributed by atoms with Crippen molar-refractivity contribution in [3.63, 3.8) is 0 Å². The molecule has 2 aromatic heterocycles. The molecule has 0 unspecified atom stereocenters. The first-order valence-electron chi connectivity index (χ1n) is 9.46. The number of hydrogen-bond acceptors (Lipinski definition) is 4. The Bertz CT molecular complexity index is 1250. The topological polar surface area (TPSA) is 85.0 Å². The number of aliphatic carboxylic acids is 1. The van der Waals surface area contributed by atoms with Gasteiger partial charge in [-0.3, -0.25) is 0 Å². The molecule has 0 aliphatic heterocycles. The number of nitrogens with zero attached hydrogens (tertiary/aromatic N) is 4. The highest BCUT2D eigenvalue weighted by Gasteiger charge is 2.38. The molecule has 0 radical (unpaired) electrons. The summed E-state index contributed by atoms with van der Waals surface area (Å²) < 4.78 is 62.6. The zero-order valence-corrected chi connectivity index (χ0v) is 17.1. The van der Waals surface area contributed by atoms with Crippen molar-refractivity contribution in [2.24, 2.45) is 7.05 Å². The second-order valence-electron chi connectivity index (χ2n) is 6.91. The van der Waals surface area contributed by atoms with E-state index in [9.17, 15) is 22.0 Å². The minimum absolute atomic E-state index is 0.167. The Hall–Kier alpha value is -3.80. The summed E-state index contributed by atoms with van der Waals surface area (Å²) >= 11 is 0. The standard InChI is InChI=1S/C19H17F2N5.C2HF3O2/c1-25-12-23-17-9-13(5-6-18(17)25)10-22-11-14-7-8-26(24-14)19-15(20)3-2-4-16(19)21;3-2(4,5)1(6)7/h2-9,12,22H,10-11H2,1H3;(H,6,7). The molecule has 12 heteroatoms. The van der Waals surface area contributed by atoms with Crippen molar-refractivity contribution < 1.29 is 31.9 Å². The summed E-state index contributed by atoms with van der Waals surface area (Å²) in [6.07, 6.45) is -1.74. The van der Waals surface area contributed by atoms with Crippen LogP contribution in [0.2, 0.25) is 0 Å². The molecule has 0 amide bonds. The molecule has 0 spiro atoms. The van der Waals surface area contributed by atoms with Crippen LogP contribution in [0, 0.1) is 11.6 Å². The van der Waals surface area contributed by atoms with Gasteiger partial charge in [-0.15, -0.1) is 0 Å². The molecule has 2 N–H and O–H groups in total. The number of alkyl halides is 3. The average molecular weight is 467 g/mol. The molecule has 0 atom stereocenters. The van der Waals surface area contributed by atoms with Gasteiger partial charge in [-0.25, -0.2) is 23.2 Å². The smallest absolute Gasteiger partial charge is 0.475 e. The molecule has 174 valence electrons. The lowest BCUT2D eigenvalue weighted by molar-refractivity contribution is -0.192. The molecular weight excluding hydrogens is 449 g/mol. The van der Waals surface area contributed by atoms with Gasteiger partial charge in [0.05, 0.1) is 23.1 Å². The van der Waals surface area contributed by atoms with Crippen LogP contribution in [0.3, 0.4) is 0 Å². The maximum absolute atomic E-state index is 13.8. The lowest BCUT2D eigenvalue weighted by Crippen LogP contribution is -2.21. The zero-order valence-electron chi connectivity index (χ0n) is 17.1. The number of imidazole rings is 1. The Morgan fingerprint density at radius 3 is 2.39 bits per heavy atom. The number of nitrogens with one attached hydrogen (secondary N) is 1. The van der Waals surface area contributed by atoms with E-state index in [1.54, 1.807) is 18.6 Å². The van der Waals surface area contributed by atoms with E-state index in [0.717, 1.165) is 16.6 Å². The Balaban J connectivity index is 0.000000383. The van der Waals surface area contributed by atoms with Crippen molar-refractivity contribution in [3.8, 4) is 5.69 Å². The first-order chi connectivity index (χ1) is 15.6. The molecule has 0 aliphatic carbocycles. The first kappa shape index (κ1) is 23.9. The van der Waals surface area contributed by atoms with Crippen LogP contribution >= 0.6 is 0 Å². The van der Waals surface area contributed by atoms with Gasteiger partial charge in [-0.1, -0.05) is 12.1 Å². The monoisotopic (exact) mass is 467 g/mol. The van der Waals surface area contributed by atoms with E-state index < -0.39 is 23.8 Å². The molecule has 2 heterocycles. The molecule has 2 aromatic carbocycles. The lowest BCUT2D eigenvalue weighted by atomic mass is 10.2. The normalized spacial score (nSPS) is 11.3. The van der Waals surface area contributed by atoms with Crippen molar-refractivity contribution in [1.29, 1.82) is 0 Å². The number of halogens is 5. The summed E-state index contributed by atoms with van der Waals surface area (Å²) in [6, 6.07) is 11.6. The van der Waals surface area contributed by atoms with Crippen molar-refractivity contribution >= 4 is 17.0 Å². The molecule has 0 saturated carbocycles. The number of benzene rings is 2. The Kier molecular flexibility index (Phi) is 7.07. The quantitative estimate of drug-likeness (QED) is 0.434. The third-order valence-electron chi connectivity index (χ3n) is 4.48. The predicted molar refractivity (Wildman–Crippen MR) is 108 cm³/mol. The van der Waals surface area contributed by atoms with Crippen molar-refractivity contribution in [2.45, 2.75) is 19.3 Å². The molecule has 0 saturated heterocycles. The summed E-state index contributed by atoms with van der Waals surface area (Å²) in [7, 11) is 1.96. The van der Waals surface area contributed by atoms with Crippen LogP contribution in [-0.4, -0.2) is 36.6 Å². The molecule has 4 aromatic rings. The van der Waals surface area contributed by atoms with Gasteiger partial charge in [0.25, 0.3) is 0 Å². The van der Waals surface area contributed by atoms with E-state index in [0.29, 0.717) is 18.8 Å². The summed E-state index contributed by atoms with van der Waals surface area (Å²) in [4.78, 5) is 13.2. The van der Waals surface area contributed by atoms with Crippen LogP contribution in [0.15, 0.2) is 55.0 Å². The van der Waals surface area contributed by atoms with Gasteiger partial charge in [-0.2, -0.15) is 18.3 Å². The van der Waals surface area contributed by atoms with E-state index in [-0.39, 0.29) is 5.69 Å². The number of carboxylic acids is 1. The fraction of sp³-hybridized carbons (Fsp3) is 0.190. The lowest BCUT2D eigenvalue weighted by Gasteiger charge is -2.05. The van der Waals surface area contributed by atoms with Crippen LogP contribution in [-0.2, 0) is 24.9 Å². The number of carboxylic acid groups (broad SMARTS) is 1. The van der Waals surface area contributed by atoms with Crippen LogP contribution in [0.4, 0.5) is 22.0 Å². The minimum Gasteiger partial charge on any atom is -0.475 e. The van der Waals surface area contributed by atoms with E-state index in [1.165, 1.54) is 22.9 Å². The number of hydrogen-bond donors (Lipinski definition) is 2. The van der Waals surface area contributed by atoms with Gasteiger partial charge in [0.2, 0.25) is 0 Å². The van der Waals surface area contributed by atoms with Gasteiger partial charge < -0.3 is 15.0 Å². The number of aromatic nitrogens is 4. The fourth-order valence-electron chi connectivity index (χ4n) is 2.91. The summed E-state index contributed by atoms with van der Waals surface area (Å²) in [6.45, 7) is 1.14. The molecule has 4 rings (SSSR count). The second-order valence-corrected chi connectivity index (χ2v) is 6.91. The third kappa shape index (κ3) is 5.92. The predicted octanol–water partition coefficient (Wildman–Crippen LogP) is 3.96. The molecule has 7 nitrogen and oxygen atoms in total. The number of para-hydroxylation sites is 1. The van der Waals surface area contributed by atoms with Crippen molar-refractivity contribution in [3.05, 3.63) is 77.9 Å². The van der Waals surface area contributed by atoms with E-state index >= 15 is 0 Å². The zero-order chi connectivity index (χ0) is 24.2.